The quantitative estimate of drug-likeness (QED) is 0.804. The molecule has 0 bridgehead atoms. The minimum atomic E-state index is 0.0406. The van der Waals surface area contributed by atoms with Crippen molar-refractivity contribution < 1.29 is 9.26 Å². The summed E-state index contributed by atoms with van der Waals surface area (Å²) in [5.74, 6) is 1.29. The Morgan fingerprint density at radius 3 is 2.60 bits per heavy atom. The van der Waals surface area contributed by atoms with E-state index in [1.807, 2.05) is 31.2 Å². The molecule has 0 atom stereocenters. The van der Waals surface area contributed by atoms with E-state index in [1.54, 1.807) is 0 Å². The molecule has 0 aliphatic carbocycles. The molecule has 0 saturated heterocycles. The normalized spacial score (nSPS) is 10.3. The van der Waals surface area contributed by atoms with Crippen molar-refractivity contribution in [2.45, 2.75) is 6.92 Å². The van der Waals surface area contributed by atoms with Gasteiger partial charge in [-0.2, -0.15) is 4.98 Å². The standard InChI is InChI=1S/C10H9ClN2O2/c1-2-14-8-5-3-7(4-6-8)9-12-10(11)15-13-9/h3-6H,2H2,1H3. The molecule has 1 heterocycles. The average molecular weight is 225 g/mol. The molecule has 0 saturated carbocycles. The highest BCUT2D eigenvalue weighted by Gasteiger charge is 2.06. The number of hydrogen-bond acceptors (Lipinski definition) is 4. The summed E-state index contributed by atoms with van der Waals surface area (Å²) >= 11 is 5.53. The molecule has 78 valence electrons. The molecule has 2 aromatic rings. The molecule has 0 aliphatic heterocycles. The van der Waals surface area contributed by atoms with E-state index in [9.17, 15) is 0 Å². The van der Waals surface area contributed by atoms with E-state index >= 15 is 0 Å². The van der Waals surface area contributed by atoms with Crippen molar-refractivity contribution in [3.8, 4) is 17.1 Å². The van der Waals surface area contributed by atoms with Crippen LogP contribution in [0.5, 0.6) is 5.75 Å². The summed E-state index contributed by atoms with van der Waals surface area (Å²) in [6.07, 6.45) is 0. The van der Waals surface area contributed by atoms with Gasteiger partial charge in [0.1, 0.15) is 5.75 Å². The van der Waals surface area contributed by atoms with Crippen LogP contribution in [0.4, 0.5) is 0 Å². The Morgan fingerprint density at radius 1 is 1.33 bits per heavy atom. The van der Waals surface area contributed by atoms with Gasteiger partial charge < -0.3 is 9.26 Å². The number of hydrogen-bond donors (Lipinski definition) is 0. The molecule has 2 rings (SSSR count). The first-order valence-corrected chi connectivity index (χ1v) is 4.90. The summed E-state index contributed by atoms with van der Waals surface area (Å²) in [7, 11) is 0. The predicted molar refractivity (Wildman–Crippen MR) is 55.9 cm³/mol. The fraction of sp³-hybridized carbons (Fsp3) is 0.200. The van der Waals surface area contributed by atoms with Gasteiger partial charge in [-0.15, -0.1) is 0 Å². The Morgan fingerprint density at radius 2 is 2.07 bits per heavy atom. The van der Waals surface area contributed by atoms with Crippen molar-refractivity contribution in [3.05, 3.63) is 29.6 Å². The summed E-state index contributed by atoms with van der Waals surface area (Å²) in [6.45, 7) is 2.58. The number of rotatable bonds is 3. The van der Waals surface area contributed by atoms with Crippen LogP contribution < -0.4 is 4.74 Å². The van der Waals surface area contributed by atoms with Crippen molar-refractivity contribution in [3.63, 3.8) is 0 Å². The summed E-state index contributed by atoms with van der Waals surface area (Å²) < 4.78 is 9.98. The zero-order valence-corrected chi connectivity index (χ0v) is 8.86. The van der Waals surface area contributed by atoms with Crippen molar-refractivity contribution in [2.75, 3.05) is 6.61 Å². The lowest BCUT2D eigenvalue weighted by molar-refractivity contribution is 0.340. The van der Waals surface area contributed by atoms with Crippen LogP contribution >= 0.6 is 11.6 Å². The van der Waals surface area contributed by atoms with Crippen LogP contribution in [0.25, 0.3) is 11.4 Å². The van der Waals surface area contributed by atoms with Crippen molar-refractivity contribution in [1.29, 1.82) is 0 Å². The maximum atomic E-state index is 5.53. The van der Waals surface area contributed by atoms with Gasteiger partial charge in [-0.3, -0.25) is 0 Å². The van der Waals surface area contributed by atoms with Crippen LogP contribution in [-0.4, -0.2) is 16.7 Å². The van der Waals surface area contributed by atoms with Gasteiger partial charge in [-0.25, -0.2) is 0 Å². The van der Waals surface area contributed by atoms with Gasteiger partial charge in [-0.1, -0.05) is 5.16 Å². The van der Waals surface area contributed by atoms with Gasteiger partial charge in [0.2, 0.25) is 5.82 Å². The fourth-order valence-corrected chi connectivity index (χ4v) is 1.30. The molecule has 0 unspecified atom stereocenters. The number of benzene rings is 1. The summed E-state index contributed by atoms with van der Waals surface area (Å²) in [6, 6.07) is 7.41. The fourth-order valence-electron chi connectivity index (χ4n) is 1.19. The second kappa shape index (κ2) is 4.31. The number of aromatic nitrogens is 2. The van der Waals surface area contributed by atoms with Gasteiger partial charge >= 0.3 is 5.35 Å². The van der Waals surface area contributed by atoms with Crippen molar-refractivity contribution >= 4 is 11.6 Å². The highest BCUT2D eigenvalue weighted by molar-refractivity contribution is 6.27. The lowest BCUT2D eigenvalue weighted by Gasteiger charge is -2.02. The first-order chi connectivity index (χ1) is 7.29. The smallest absolute Gasteiger partial charge is 0.320 e. The first-order valence-electron chi connectivity index (χ1n) is 4.52. The molecule has 1 aromatic carbocycles. The highest BCUT2D eigenvalue weighted by Crippen LogP contribution is 2.20. The molecular weight excluding hydrogens is 216 g/mol. The maximum Gasteiger partial charge on any atom is 0.320 e. The lowest BCUT2D eigenvalue weighted by Crippen LogP contribution is -1.90. The predicted octanol–water partition coefficient (Wildman–Crippen LogP) is 2.79. The molecule has 0 amide bonds. The summed E-state index contributed by atoms with van der Waals surface area (Å²) in [5.41, 5.74) is 0.842. The monoisotopic (exact) mass is 224 g/mol. The Kier molecular flexibility index (Phi) is 2.87. The minimum Gasteiger partial charge on any atom is -0.494 e. The van der Waals surface area contributed by atoms with E-state index in [0.29, 0.717) is 12.4 Å². The van der Waals surface area contributed by atoms with E-state index in [2.05, 4.69) is 14.7 Å². The Bertz CT molecular complexity index is 439. The molecule has 0 radical (unpaired) electrons. The van der Waals surface area contributed by atoms with E-state index in [0.717, 1.165) is 11.3 Å². The van der Waals surface area contributed by atoms with Gasteiger partial charge in [0.15, 0.2) is 0 Å². The third kappa shape index (κ3) is 2.27. The maximum absolute atomic E-state index is 5.53. The van der Waals surface area contributed by atoms with Crippen LogP contribution in [0.2, 0.25) is 5.35 Å². The number of nitrogens with zero attached hydrogens (tertiary/aromatic N) is 2. The van der Waals surface area contributed by atoms with Crippen LogP contribution in [-0.2, 0) is 0 Å². The van der Waals surface area contributed by atoms with Crippen LogP contribution in [0.3, 0.4) is 0 Å². The van der Waals surface area contributed by atoms with E-state index in [1.165, 1.54) is 0 Å². The van der Waals surface area contributed by atoms with Gasteiger partial charge in [0, 0.05) is 5.56 Å². The highest BCUT2D eigenvalue weighted by atomic mass is 35.5. The second-order valence-electron chi connectivity index (χ2n) is 2.83. The van der Waals surface area contributed by atoms with Gasteiger partial charge in [0.25, 0.3) is 0 Å². The molecular formula is C10H9ClN2O2. The molecule has 1 aromatic heterocycles. The van der Waals surface area contributed by atoms with Crippen LogP contribution in [0.15, 0.2) is 28.8 Å². The minimum absolute atomic E-state index is 0.0406. The van der Waals surface area contributed by atoms with E-state index in [4.69, 9.17) is 16.3 Å². The van der Waals surface area contributed by atoms with E-state index < -0.39 is 0 Å². The van der Waals surface area contributed by atoms with Crippen LogP contribution in [0.1, 0.15) is 6.92 Å². The Balaban J connectivity index is 2.23. The molecule has 15 heavy (non-hydrogen) atoms. The van der Waals surface area contributed by atoms with Crippen LogP contribution in [0, 0.1) is 0 Å². The molecule has 4 nitrogen and oxygen atoms in total. The average Bonchev–Trinajstić information content (AvgIpc) is 2.67. The van der Waals surface area contributed by atoms with Gasteiger partial charge in [-0.05, 0) is 42.8 Å². The lowest BCUT2D eigenvalue weighted by atomic mass is 10.2. The first kappa shape index (κ1) is 9.98. The topological polar surface area (TPSA) is 48.2 Å². The number of ether oxygens (including phenoxy) is 1. The number of halogens is 1. The molecule has 0 N–H and O–H groups in total. The second-order valence-corrected chi connectivity index (χ2v) is 3.15. The third-order valence-corrected chi connectivity index (χ3v) is 1.98. The molecule has 5 heteroatoms. The molecule has 0 aliphatic rings. The zero-order chi connectivity index (χ0) is 10.7. The SMILES string of the molecule is CCOc1ccc(-c2noc(Cl)n2)cc1. The Hall–Kier alpha value is -1.55. The summed E-state index contributed by atoms with van der Waals surface area (Å²) in [4.78, 5) is 3.90. The summed E-state index contributed by atoms with van der Waals surface area (Å²) in [5, 5.41) is 3.74. The van der Waals surface area contributed by atoms with Crippen molar-refractivity contribution in [2.24, 2.45) is 0 Å². The largest absolute Gasteiger partial charge is 0.494 e. The zero-order valence-electron chi connectivity index (χ0n) is 8.11. The third-order valence-electron chi connectivity index (χ3n) is 1.82. The molecule has 0 fully saturated rings. The van der Waals surface area contributed by atoms with Gasteiger partial charge in [0.05, 0.1) is 6.61 Å². The molecule has 0 spiro atoms. The van der Waals surface area contributed by atoms with E-state index in [-0.39, 0.29) is 5.35 Å². The Labute approximate surface area is 91.8 Å². The van der Waals surface area contributed by atoms with Crippen molar-refractivity contribution in [1.82, 2.24) is 10.1 Å².